The van der Waals surface area contributed by atoms with E-state index < -0.39 is 0 Å². The Hall–Kier alpha value is -2.34. The highest BCUT2D eigenvalue weighted by Crippen LogP contribution is 2.19. The SMILES string of the molecule is Cc1ccc(CN2CCC(CNC(=O)c3cccn(C)c3=O)CC2)o1. The molecule has 0 atom stereocenters. The summed E-state index contributed by atoms with van der Waals surface area (Å²) >= 11 is 0. The average molecular weight is 343 g/mol. The first-order chi connectivity index (χ1) is 12.0. The summed E-state index contributed by atoms with van der Waals surface area (Å²) in [7, 11) is 1.65. The van der Waals surface area contributed by atoms with Gasteiger partial charge in [-0.1, -0.05) is 0 Å². The van der Waals surface area contributed by atoms with Crippen LogP contribution in [-0.4, -0.2) is 35.0 Å². The van der Waals surface area contributed by atoms with Crippen LogP contribution < -0.4 is 10.9 Å². The van der Waals surface area contributed by atoms with Crippen LogP contribution in [0.5, 0.6) is 0 Å². The second kappa shape index (κ2) is 7.70. The second-order valence-electron chi connectivity index (χ2n) is 6.78. The van der Waals surface area contributed by atoms with Gasteiger partial charge in [-0.3, -0.25) is 14.5 Å². The molecular weight excluding hydrogens is 318 g/mol. The molecule has 3 heterocycles. The highest BCUT2D eigenvalue weighted by atomic mass is 16.3. The van der Waals surface area contributed by atoms with E-state index in [0.29, 0.717) is 12.5 Å². The number of carbonyl (C=O) groups excluding carboxylic acids is 1. The van der Waals surface area contributed by atoms with Crippen molar-refractivity contribution in [3.63, 3.8) is 0 Å². The first-order valence-corrected chi connectivity index (χ1v) is 8.74. The van der Waals surface area contributed by atoms with Crippen LogP contribution in [0.1, 0.15) is 34.7 Å². The number of piperidine rings is 1. The van der Waals surface area contributed by atoms with Gasteiger partial charge in [-0.25, -0.2) is 0 Å². The second-order valence-corrected chi connectivity index (χ2v) is 6.78. The highest BCUT2D eigenvalue weighted by molar-refractivity contribution is 5.93. The molecule has 6 nitrogen and oxygen atoms in total. The number of nitrogens with zero attached hydrogens (tertiary/aromatic N) is 2. The fourth-order valence-corrected chi connectivity index (χ4v) is 3.24. The van der Waals surface area contributed by atoms with Gasteiger partial charge >= 0.3 is 0 Å². The van der Waals surface area contributed by atoms with Crippen LogP contribution in [0.25, 0.3) is 0 Å². The molecule has 1 saturated heterocycles. The van der Waals surface area contributed by atoms with Gasteiger partial charge < -0.3 is 14.3 Å². The first-order valence-electron chi connectivity index (χ1n) is 8.74. The van der Waals surface area contributed by atoms with Gasteiger partial charge in [0.25, 0.3) is 11.5 Å². The number of carbonyl (C=O) groups is 1. The summed E-state index contributed by atoms with van der Waals surface area (Å²) < 4.78 is 7.05. The van der Waals surface area contributed by atoms with Crippen molar-refractivity contribution < 1.29 is 9.21 Å². The third kappa shape index (κ3) is 4.39. The fraction of sp³-hybridized carbons (Fsp3) is 0.474. The van der Waals surface area contributed by atoms with E-state index in [4.69, 9.17) is 4.42 Å². The van der Waals surface area contributed by atoms with Crippen LogP contribution in [0.2, 0.25) is 0 Å². The molecule has 1 fully saturated rings. The summed E-state index contributed by atoms with van der Waals surface area (Å²) in [5.74, 6) is 2.12. The topological polar surface area (TPSA) is 67.5 Å². The number of furan rings is 1. The quantitative estimate of drug-likeness (QED) is 0.901. The molecule has 2 aromatic heterocycles. The lowest BCUT2D eigenvalue weighted by molar-refractivity contribution is 0.0932. The Morgan fingerprint density at radius 2 is 2.04 bits per heavy atom. The van der Waals surface area contributed by atoms with Crippen LogP contribution in [-0.2, 0) is 13.6 Å². The molecule has 0 aromatic carbocycles. The molecule has 1 aliphatic rings. The van der Waals surface area contributed by atoms with Crippen LogP contribution in [0.3, 0.4) is 0 Å². The van der Waals surface area contributed by atoms with Crippen LogP contribution in [0.4, 0.5) is 0 Å². The number of rotatable bonds is 5. The summed E-state index contributed by atoms with van der Waals surface area (Å²) in [5.41, 5.74) is -0.0563. The Morgan fingerprint density at radius 3 is 2.72 bits per heavy atom. The summed E-state index contributed by atoms with van der Waals surface area (Å²) in [5, 5.41) is 2.92. The van der Waals surface area contributed by atoms with Gasteiger partial charge in [-0.2, -0.15) is 0 Å². The van der Waals surface area contributed by atoms with Crippen LogP contribution in [0, 0.1) is 12.8 Å². The minimum Gasteiger partial charge on any atom is -0.465 e. The lowest BCUT2D eigenvalue weighted by atomic mass is 9.96. The Morgan fingerprint density at radius 1 is 1.28 bits per heavy atom. The Kier molecular flexibility index (Phi) is 5.38. The zero-order valence-corrected chi connectivity index (χ0v) is 14.8. The van der Waals surface area contributed by atoms with Gasteiger partial charge in [0.2, 0.25) is 0 Å². The number of pyridine rings is 1. The van der Waals surface area contributed by atoms with E-state index in [1.807, 2.05) is 19.1 Å². The zero-order valence-electron chi connectivity index (χ0n) is 14.8. The maximum absolute atomic E-state index is 12.2. The fourth-order valence-electron chi connectivity index (χ4n) is 3.24. The highest BCUT2D eigenvalue weighted by Gasteiger charge is 2.21. The lowest BCUT2D eigenvalue weighted by Gasteiger charge is -2.31. The molecule has 25 heavy (non-hydrogen) atoms. The maximum Gasteiger partial charge on any atom is 0.263 e. The van der Waals surface area contributed by atoms with E-state index in [0.717, 1.165) is 44.0 Å². The van der Waals surface area contributed by atoms with Crippen LogP contribution >= 0.6 is 0 Å². The van der Waals surface area contributed by atoms with Crippen molar-refractivity contribution >= 4 is 5.91 Å². The van der Waals surface area contributed by atoms with Gasteiger partial charge in [0.15, 0.2) is 0 Å². The number of aryl methyl sites for hydroxylation is 2. The van der Waals surface area contributed by atoms with Crippen molar-refractivity contribution in [1.82, 2.24) is 14.8 Å². The largest absolute Gasteiger partial charge is 0.465 e. The number of hydrogen-bond donors (Lipinski definition) is 1. The molecule has 3 rings (SSSR count). The minimum atomic E-state index is -0.283. The van der Waals surface area contributed by atoms with Gasteiger partial charge in [0.1, 0.15) is 17.1 Å². The number of likely N-dealkylation sites (tertiary alicyclic amines) is 1. The van der Waals surface area contributed by atoms with E-state index in [9.17, 15) is 9.59 Å². The number of nitrogens with one attached hydrogen (secondary N) is 1. The minimum absolute atomic E-state index is 0.204. The summed E-state index contributed by atoms with van der Waals surface area (Å²) in [4.78, 5) is 26.6. The first kappa shape index (κ1) is 17.5. The van der Waals surface area contributed by atoms with Crippen molar-refractivity contribution in [2.75, 3.05) is 19.6 Å². The van der Waals surface area contributed by atoms with E-state index in [-0.39, 0.29) is 17.0 Å². The van der Waals surface area contributed by atoms with Gasteiger partial charge in [-0.05, 0) is 63.0 Å². The standard InChI is InChI=1S/C19H25N3O3/c1-14-5-6-16(25-14)13-22-10-7-15(8-11-22)12-20-18(23)17-4-3-9-21(2)19(17)24/h3-6,9,15H,7-8,10-13H2,1-2H3,(H,20,23). The molecule has 0 aliphatic carbocycles. The smallest absolute Gasteiger partial charge is 0.263 e. The average Bonchev–Trinajstić information content (AvgIpc) is 3.01. The van der Waals surface area contributed by atoms with Crippen LogP contribution in [0.15, 0.2) is 39.7 Å². The van der Waals surface area contributed by atoms with E-state index in [1.54, 1.807) is 25.4 Å². The van der Waals surface area contributed by atoms with Crippen molar-refractivity contribution in [3.8, 4) is 0 Å². The predicted molar refractivity (Wildman–Crippen MR) is 95.5 cm³/mol. The third-order valence-corrected chi connectivity index (χ3v) is 4.80. The van der Waals surface area contributed by atoms with Crippen molar-refractivity contribution in [1.29, 1.82) is 0 Å². The summed E-state index contributed by atoms with van der Waals surface area (Å²) in [6.07, 6.45) is 3.72. The molecular formula is C19H25N3O3. The summed E-state index contributed by atoms with van der Waals surface area (Å²) in [6.45, 7) is 5.40. The molecule has 1 amide bonds. The van der Waals surface area contributed by atoms with E-state index >= 15 is 0 Å². The molecule has 0 radical (unpaired) electrons. The summed E-state index contributed by atoms with van der Waals surface area (Å²) in [6, 6.07) is 7.31. The van der Waals surface area contributed by atoms with Gasteiger partial charge in [0.05, 0.1) is 6.54 Å². The third-order valence-electron chi connectivity index (χ3n) is 4.80. The number of hydrogen-bond acceptors (Lipinski definition) is 4. The van der Waals surface area contributed by atoms with Crippen molar-refractivity contribution in [2.24, 2.45) is 13.0 Å². The Bertz CT molecular complexity index is 785. The van der Waals surface area contributed by atoms with E-state index in [1.165, 1.54) is 4.57 Å². The monoisotopic (exact) mass is 343 g/mol. The molecule has 0 bridgehead atoms. The van der Waals surface area contributed by atoms with Crippen molar-refractivity contribution in [2.45, 2.75) is 26.3 Å². The number of amides is 1. The predicted octanol–water partition coefficient (Wildman–Crippen LogP) is 1.93. The molecule has 134 valence electrons. The lowest BCUT2D eigenvalue weighted by Crippen LogP contribution is -2.39. The molecule has 0 unspecified atom stereocenters. The molecule has 1 aliphatic heterocycles. The van der Waals surface area contributed by atoms with Gasteiger partial charge in [-0.15, -0.1) is 0 Å². The molecule has 0 saturated carbocycles. The van der Waals surface area contributed by atoms with E-state index in [2.05, 4.69) is 10.2 Å². The maximum atomic E-state index is 12.2. The molecule has 0 spiro atoms. The molecule has 2 aromatic rings. The molecule has 1 N–H and O–H groups in total. The Balaban J connectivity index is 1.45. The van der Waals surface area contributed by atoms with Crippen molar-refractivity contribution in [3.05, 3.63) is 57.9 Å². The molecule has 6 heteroatoms. The Labute approximate surface area is 147 Å². The normalized spacial score (nSPS) is 16.1. The number of aromatic nitrogens is 1. The zero-order chi connectivity index (χ0) is 17.8. The van der Waals surface area contributed by atoms with Gasteiger partial charge in [0, 0.05) is 19.8 Å².